The fourth-order valence-corrected chi connectivity index (χ4v) is 2.63. The van der Waals surface area contributed by atoms with E-state index in [4.69, 9.17) is 9.84 Å². The fourth-order valence-electron chi connectivity index (χ4n) is 1.75. The van der Waals surface area contributed by atoms with E-state index in [1.807, 2.05) is 6.92 Å². The summed E-state index contributed by atoms with van der Waals surface area (Å²) in [4.78, 5) is 27.5. The van der Waals surface area contributed by atoms with Crippen LogP contribution in [0.5, 0.6) is 5.75 Å². The van der Waals surface area contributed by atoms with Crippen LogP contribution in [-0.4, -0.2) is 29.1 Å². The number of rotatable bonds is 5. The van der Waals surface area contributed by atoms with E-state index in [1.165, 1.54) is 7.11 Å². The molecule has 6 nitrogen and oxygen atoms in total. The third kappa shape index (κ3) is 3.38. The number of benzene rings is 1. The lowest BCUT2D eigenvalue weighted by atomic mass is 10.2. The molecule has 0 atom stereocenters. The molecular weight excluding hydrogens is 292 g/mol. The first-order valence-corrected chi connectivity index (χ1v) is 7.05. The Balaban J connectivity index is 2.21. The van der Waals surface area contributed by atoms with Crippen LogP contribution in [0.25, 0.3) is 0 Å². The molecule has 0 unspecified atom stereocenters. The fraction of sp³-hybridized carbons (Fsp3) is 0.214. The van der Waals surface area contributed by atoms with Crippen LogP contribution in [-0.2, 0) is 6.42 Å². The van der Waals surface area contributed by atoms with E-state index in [1.54, 1.807) is 24.3 Å². The minimum atomic E-state index is -1.04. The number of carbonyl (C=O) groups is 2. The number of hydrogen-bond donors (Lipinski definition) is 2. The van der Waals surface area contributed by atoms with Gasteiger partial charge in [0.15, 0.2) is 5.13 Å². The van der Waals surface area contributed by atoms with Crippen LogP contribution in [0.3, 0.4) is 0 Å². The maximum absolute atomic E-state index is 12.1. The standard InChI is InChI=1S/C14H14N2O4S/c1-3-10-11(13(18)19)21-14(15-10)16-12(17)8-5-4-6-9(7-8)20-2/h4-7H,3H2,1-2H3,(H,18,19)(H,15,16,17). The van der Waals surface area contributed by atoms with Crippen LogP contribution >= 0.6 is 11.3 Å². The number of carboxylic acids is 1. The maximum Gasteiger partial charge on any atom is 0.347 e. The van der Waals surface area contributed by atoms with Crippen LogP contribution in [0, 0.1) is 0 Å². The maximum atomic E-state index is 12.1. The average Bonchev–Trinajstić information content (AvgIpc) is 2.90. The number of aryl methyl sites for hydroxylation is 1. The van der Waals surface area contributed by atoms with Crippen molar-refractivity contribution < 1.29 is 19.4 Å². The van der Waals surface area contributed by atoms with Gasteiger partial charge in [0.25, 0.3) is 5.91 Å². The van der Waals surface area contributed by atoms with Crippen LogP contribution in [0.2, 0.25) is 0 Å². The number of carboxylic acid groups (broad SMARTS) is 1. The summed E-state index contributed by atoms with van der Waals surface area (Å²) in [5, 5.41) is 12.0. The quantitative estimate of drug-likeness (QED) is 0.886. The number of anilines is 1. The van der Waals surface area contributed by atoms with Gasteiger partial charge in [0.05, 0.1) is 12.8 Å². The molecule has 0 saturated heterocycles. The van der Waals surface area contributed by atoms with Crippen molar-refractivity contribution in [3.63, 3.8) is 0 Å². The summed E-state index contributed by atoms with van der Waals surface area (Å²) >= 11 is 0.951. The molecule has 7 heteroatoms. The molecule has 0 aliphatic heterocycles. The van der Waals surface area contributed by atoms with E-state index in [9.17, 15) is 9.59 Å². The lowest BCUT2D eigenvalue weighted by Gasteiger charge is -2.04. The monoisotopic (exact) mass is 306 g/mol. The third-order valence-electron chi connectivity index (χ3n) is 2.78. The second-order valence-electron chi connectivity index (χ2n) is 4.14. The molecule has 2 rings (SSSR count). The van der Waals surface area contributed by atoms with Crippen molar-refractivity contribution in [2.24, 2.45) is 0 Å². The minimum Gasteiger partial charge on any atom is -0.497 e. The van der Waals surface area contributed by atoms with Crippen molar-refractivity contribution in [1.29, 1.82) is 0 Å². The Morgan fingerprint density at radius 2 is 2.19 bits per heavy atom. The Labute approximate surface area is 125 Å². The lowest BCUT2D eigenvalue weighted by Crippen LogP contribution is -2.11. The summed E-state index contributed by atoms with van der Waals surface area (Å²) in [5.41, 5.74) is 0.882. The molecule has 21 heavy (non-hydrogen) atoms. The smallest absolute Gasteiger partial charge is 0.347 e. The first-order valence-electron chi connectivity index (χ1n) is 6.23. The van der Waals surface area contributed by atoms with E-state index in [0.717, 1.165) is 11.3 Å². The van der Waals surface area contributed by atoms with E-state index in [2.05, 4.69) is 10.3 Å². The third-order valence-corrected chi connectivity index (χ3v) is 3.78. The first-order chi connectivity index (χ1) is 10.0. The highest BCUT2D eigenvalue weighted by molar-refractivity contribution is 7.17. The van der Waals surface area contributed by atoms with Gasteiger partial charge in [-0.05, 0) is 24.6 Å². The van der Waals surface area contributed by atoms with E-state index in [-0.39, 0.29) is 15.9 Å². The molecule has 110 valence electrons. The normalized spacial score (nSPS) is 10.2. The molecule has 1 heterocycles. The molecule has 2 aromatic rings. The molecule has 1 aromatic carbocycles. The summed E-state index contributed by atoms with van der Waals surface area (Å²) in [7, 11) is 1.52. The van der Waals surface area contributed by atoms with Gasteiger partial charge in [0.1, 0.15) is 10.6 Å². The van der Waals surface area contributed by atoms with Crippen LogP contribution < -0.4 is 10.1 Å². The summed E-state index contributed by atoms with van der Waals surface area (Å²) in [6.07, 6.45) is 0.493. The number of thiazole rings is 1. The molecule has 1 amide bonds. The van der Waals surface area contributed by atoms with Gasteiger partial charge >= 0.3 is 5.97 Å². The number of nitrogens with one attached hydrogen (secondary N) is 1. The molecule has 0 bridgehead atoms. The number of carbonyl (C=O) groups excluding carboxylic acids is 1. The predicted molar refractivity (Wildman–Crippen MR) is 79.4 cm³/mol. The van der Waals surface area contributed by atoms with Gasteiger partial charge in [-0.15, -0.1) is 0 Å². The summed E-state index contributed by atoms with van der Waals surface area (Å²) < 4.78 is 5.06. The predicted octanol–water partition coefficient (Wildman–Crippen LogP) is 2.66. The summed E-state index contributed by atoms with van der Waals surface area (Å²) in [6, 6.07) is 6.68. The van der Waals surface area contributed by atoms with Gasteiger partial charge in [-0.3, -0.25) is 10.1 Å². The summed E-state index contributed by atoms with van der Waals surface area (Å²) in [6.45, 7) is 1.81. The van der Waals surface area contributed by atoms with Crippen molar-refractivity contribution in [3.05, 3.63) is 40.4 Å². The van der Waals surface area contributed by atoms with Gasteiger partial charge in [0, 0.05) is 5.56 Å². The number of nitrogens with zero attached hydrogens (tertiary/aromatic N) is 1. The van der Waals surface area contributed by atoms with Crippen molar-refractivity contribution in [3.8, 4) is 5.75 Å². The molecular formula is C14H14N2O4S. The van der Waals surface area contributed by atoms with Crippen molar-refractivity contribution in [1.82, 2.24) is 4.98 Å². The van der Waals surface area contributed by atoms with Crippen molar-refractivity contribution in [2.45, 2.75) is 13.3 Å². The number of ether oxygens (including phenoxy) is 1. The van der Waals surface area contributed by atoms with E-state index >= 15 is 0 Å². The second kappa shape index (κ2) is 6.36. The largest absolute Gasteiger partial charge is 0.497 e. The highest BCUT2D eigenvalue weighted by Crippen LogP contribution is 2.24. The number of aromatic carboxylic acids is 1. The zero-order chi connectivity index (χ0) is 15.4. The Bertz CT molecular complexity index is 681. The molecule has 0 spiro atoms. The molecule has 0 fully saturated rings. The first kappa shape index (κ1) is 15.0. The Morgan fingerprint density at radius 3 is 2.76 bits per heavy atom. The van der Waals surface area contributed by atoms with Gasteiger partial charge in [-0.25, -0.2) is 9.78 Å². The lowest BCUT2D eigenvalue weighted by molar-refractivity contribution is 0.0700. The van der Waals surface area contributed by atoms with Gasteiger partial charge in [-0.1, -0.05) is 24.3 Å². The van der Waals surface area contributed by atoms with E-state index < -0.39 is 5.97 Å². The van der Waals surface area contributed by atoms with Crippen LogP contribution in [0.15, 0.2) is 24.3 Å². The Kier molecular flexibility index (Phi) is 4.54. The number of hydrogen-bond acceptors (Lipinski definition) is 5. The van der Waals surface area contributed by atoms with Crippen molar-refractivity contribution >= 4 is 28.3 Å². The SMILES string of the molecule is CCc1nc(NC(=O)c2cccc(OC)c2)sc1C(=O)O. The molecule has 0 aliphatic carbocycles. The number of amides is 1. The Hall–Kier alpha value is -2.41. The molecule has 1 aromatic heterocycles. The molecule has 0 saturated carbocycles. The highest BCUT2D eigenvalue weighted by atomic mass is 32.1. The molecule has 2 N–H and O–H groups in total. The van der Waals surface area contributed by atoms with Gasteiger partial charge < -0.3 is 9.84 Å². The number of methoxy groups -OCH3 is 1. The molecule has 0 radical (unpaired) electrons. The average molecular weight is 306 g/mol. The topological polar surface area (TPSA) is 88.5 Å². The van der Waals surface area contributed by atoms with Gasteiger partial charge in [0.2, 0.25) is 0 Å². The van der Waals surface area contributed by atoms with Crippen LogP contribution in [0.1, 0.15) is 32.6 Å². The Morgan fingerprint density at radius 1 is 1.43 bits per heavy atom. The summed E-state index contributed by atoms with van der Waals surface area (Å²) in [5.74, 6) is -0.823. The number of aromatic nitrogens is 1. The second-order valence-corrected chi connectivity index (χ2v) is 5.14. The highest BCUT2D eigenvalue weighted by Gasteiger charge is 2.17. The molecule has 0 aliphatic rings. The minimum absolute atomic E-state index is 0.151. The van der Waals surface area contributed by atoms with E-state index in [0.29, 0.717) is 23.4 Å². The van der Waals surface area contributed by atoms with Crippen molar-refractivity contribution in [2.75, 3.05) is 12.4 Å². The van der Waals surface area contributed by atoms with Crippen LogP contribution in [0.4, 0.5) is 5.13 Å². The zero-order valence-electron chi connectivity index (χ0n) is 11.5. The zero-order valence-corrected chi connectivity index (χ0v) is 12.4. The van der Waals surface area contributed by atoms with Gasteiger partial charge in [-0.2, -0.15) is 0 Å².